The van der Waals surface area contributed by atoms with E-state index in [1.165, 1.54) is 22.3 Å². The Morgan fingerprint density at radius 1 is 0.439 bits per heavy atom. The topological polar surface area (TPSA) is 26.4 Å². The quantitative estimate of drug-likeness (QED) is 0.157. The van der Waals surface area contributed by atoms with Crippen molar-refractivity contribution in [2.45, 2.75) is 6.42 Å². The maximum absolute atomic E-state index is 14.7. The number of hydrogen-bond acceptors (Lipinski definition) is 1. The number of allylic oxidation sites excluding steroid dienone is 2. The van der Waals surface area contributed by atoms with Crippen molar-refractivity contribution in [1.29, 1.82) is 0 Å². The molecule has 11 rings (SSSR count). The van der Waals surface area contributed by atoms with Gasteiger partial charge in [0.2, 0.25) is 0 Å². The van der Waals surface area contributed by atoms with E-state index in [1.807, 2.05) is 28.7 Å². The summed E-state index contributed by atoms with van der Waals surface area (Å²) >= 11 is 0. The minimum absolute atomic E-state index is 0.00124. The van der Waals surface area contributed by atoms with Crippen LogP contribution in [0.4, 0.5) is 0 Å². The van der Waals surface area contributed by atoms with Crippen LogP contribution in [0.5, 0.6) is 0 Å². The summed E-state index contributed by atoms with van der Waals surface area (Å²) in [5, 5.41) is 3.82. The molecule has 0 unspecified atom stereocenters. The predicted octanol–water partition coefficient (Wildman–Crippen LogP) is 13.5. The van der Waals surface area contributed by atoms with Gasteiger partial charge in [-0.15, -0.1) is 0 Å². The van der Waals surface area contributed by atoms with Crippen LogP contribution in [0.15, 0.2) is 199 Å². The normalized spacial score (nSPS) is 12.6. The molecule has 0 spiro atoms. The number of para-hydroxylation sites is 1. The van der Waals surface area contributed by atoms with E-state index in [9.17, 15) is 4.79 Å². The number of hydrogen-bond donors (Lipinski definition) is 0. The van der Waals surface area contributed by atoms with E-state index in [0.29, 0.717) is 5.39 Å². The lowest BCUT2D eigenvalue weighted by Crippen LogP contribution is -2.14. The van der Waals surface area contributed by atoms with Crippen molar-refractivity contribution in [3.63, 3.8) is 0 Å². The van der Waals surface area contributed by atoms with E-state index in [0.717, 1.165) is 78.7 Å². The summed E-state index contributed by atoms with van der Waals surface area (Å²) in [7, 11) is 0. The maximum Gasteiger partial charge on any atom is 0.263 e. The van der Waals surface area contributed by atoms with Crippen LogP contribution >= 0.6 is 0 Å². The van der Waals surface area contributed by atoms with Crippen LogP contribution in [0.2, 0.25) is 0 Å². The summed E-state index contributed by atoms with van der Waals surface area (Å²) in [5.41, 5.74) is 15.5. The molecule has 0 aliphatic heterocycles. The zero-order valence-corrected chi connectivity index (χ0v) is 31.1. The second kappa shape index (κ2) is 13.4. The molecule has 1 aliphatic carbocycles. The Balaban J connectivity index is 1.27. The van der Waals surface area contributed by atoms with Crippen LogP contribution in [0.1, 0.15) is 23.2 Å². The lowest BCUT2D eigenvalue weighted by Gasteiger charge is -2.14. The number of rotatable bonds is 6. The van der Waals surface area contributed by atoms with Gasteiger partial charge in [-0.3, -0.25) is 9.20 Å². The summed E-state index contributed by atoms with van der Waals surface area (Å²) in [5.74, 6) is 0. The molecule has 57 heavy (non-hydrogen) atoms. The largest absolute Gasteiger partial charge is 0.309 e. The fourth-order valence-corrected chi connectivity index (χ4v) is 9.06. The van der Waals surface area contributed by atoms with Crippen LogP contribution in [0.3, 0.4) is 0 Å². The van der Waals surface area contributed by atoms with Gasteiger partial charge < -0.3 is 4.57 Å². The molecule has 3 aromatic heterocycles. The molecular formula is C54H36N2O. The minimum atomic E-state index is 0.00124. The van der Waals surface area contributed by atoms with Gasteiger partial charge in [0.25, 0.3) is 5.56 Å². The van der Waals surface area contributed by atoms with Crippen LogP contribution in [0, 0.1) is 0 Å². The summed E-state index contributed by atoms with van der Waals surface area (Å²) in [6.07, 6.45) is 7.79. The first-order valence-electron chi connectivity index (χ1n) is 19.5. The lowest BCUT2D eigenvalue weighted by molar-refractivity contribution is 1.07. The SMILES string of the molecule is O=c1c2ccccc2c2cc(C3=Cc4c(-c5ccccc5)c(-c5ccccc5)n(-c5ccccc5)c4C=CC3)cc3c(-c4ccccc4)c(-c4ccccc4)n1c32. The standard InChI is InChI=1S/C54H36N2O/c57-54-44-31-17-16-30-43(44)45-34-41(35-47-50(37-21-8-2-9-22-37)52(56(54)53(45)47)39-25-12-4-13-26-39)40-27-18-32-48-46(33-40)49(36-19-6-1-7-20-36)51(38-23-10-3-11-24-38)55(48)42-28-14-5-15-29-42/h1-26,28-35H,27H2. The molecule has 3 heteroatoms. The highest BCUT2D eigenvalue weighted by Gasteiger charge is 2.28. The van der Waals surface area contributed by atoms with Gasteiger partial charge in [0.15, 0.2) is 0 Å². The third kappa shape index (κ3) is 5.24. The zero-order valence-electron chi connectivity index (χ0n) is 31.1. The molecule has 0 fully saturated rings. The zero-order chi connectivity index (χ0) is 37.9. The fourth-order valence-electron chi connectivity index (χ4n) is 9.06. The predicted molar refractivity (Wildman–Crippen MR) is 239 cm³/mol. The second-order valence-electron chi connectivity index (χ2n) is 14.8. The number of aromatic nitrogens is 2. The van der Waals surface area contributed by atoms with E-state index in [-0.39, 0.29) is 5.56 Å². The van der Waals surface area contributed by atoms with Crippen LogP contribution in [-0.4, -0.2) is 8.97 Å². The third-order valence-electron chi connectivity index (χ3n) is 11.5. The number of nitrogens with zero attached hydrogens (tertiary/aromatic N) is 2. The van der Waals surface area contributed by atoms with Crippen molar-refractivity contribution >= 4 is 44.8 Å². The Hall–Kier alpha value is -7.49. The Morgan fingerprint density at radius 2 is 0.947 bits per heavy atom. The van der Waals surface area contributed by atoms with Crippen molar-refractivity contribution in [1.82, 2.24) is 8.97 Å². The summed E-state index contributed by atoms with van der Waals surface area (Å²) in [6.45, 7) is 0. The van der Waals surface area contributed by atoms with Crippen molar-refractivity contribution < 1.29 is 0 Å². The highest BCUT2D eigenvalue weighted by Crippen LogP contribution is 2.47. The van der Waals surface area contributed by atoms with Gasteiger partial charge in [0.1, 0.15) is 0 Å². The van der Waals surface area contributed by atoms with Gasteiger partial charge in [-0.1, -0.05) is 164 Å². The van der Waals surface area contributed by atoms with Crippen LogP contribution in [0.25, 0.3) is 95.2 Å². The smallest absolute Gasteiger partial charge is 0.263 e. The summed E-state index contributed by atoms with van der Waals surface area (Å²) < 4.78 is 4.41. The number of fused-ring (bicyclic) bond motifs is 3. The lowest BCUT2D eigenvalue weighted by atomic mass is 9.91. The molecule has 0 bridgehead atoms. The maximum atomic E-state index is 14.7. The molecule has 0 N–H and O–H groups in total. The highest BCUT2D eigenvalue weighted by molar-refractivity contribution is 6.19. The van der Waals surface area contributed by atoms with Gasteiger partial charge in [0, 0.05) is 38.5 Å². The van der Waals surface area contributed by atoms with Gasteiger partial charge in [0.05, 0.1) is 22.6 Å². The van der Waals surface area contributed by atoms with Gasteiger partial charge in [-0.2, -0.15) is 0 Å². The monoisotopic (exact) mass is 728 g/mol. The van der Waals surface area contributed by atoms with E-state index in [2.05, 4.69) is 187 Å². The molecule has 10 aromatic rings. The van der Waals surface area contributed by atoms with Gasteiger partial charge >= 0.3 is 0 Å². The Morgan fingerprint density at radius 3 is 1.58 bits per heavy atom. The van der Waals surface area contributed by atoms with Gasteiger partial charge in [-0.05, 0) is 87.7 Å². The van der Waals surface area contributed by atoms with Crippen LogP contribution < -0.4 is 5.56 Å². The molecule has 0 atom stereocenters. The van der Waals surface area contributed by atoms with Crippen LogP contribution in [-0.2, 0) is 0 Å². The summed E-state index contributed by atoms with van der Waals surface area (Å²) in [4.78, 5) is 14.7. The first-order chi connectivity index (χ1) is 28.2. The Bertz CT molecular complexity index is 3230. The third-order valence-corrected chi connectivity index (χ3v) is 11.5. The number of pyridine rings is 1. The molecule has 0 amide bonds. The molecular weight excluding hydrogens is 693 g/mol. The average molecular weight is 729 g/mol. The second-order valence-corrected chi connectivity index (χ2v) is 14.8. The highest BCUT2D eigenvalue weighted by atomic mass is 16.1. The molecule has 0 radical (unpaired) electrons. The van der Waals surface area contributed by atoms with Crippen molar-refractivity contribution in [3.8, 4) is 50.5 Å². The van der Waals surface area contributed by atoms with E-state index >= 15 is 0 Å². The summed E-state index contributed by atoms with van der Waals surface area (Å²) in [6, 6.07) is 65.9. The molecule has 1 aliphatic rings. The molecule has 0 saturated heterocycles. The van der Waals surface area contributed by atoms with E-state index < -0.39 is 0 Å². The first-order valence-corrected chi connectivity index (χ1v) is 19.5. The molecule has 3 nitrogen and oxygen atoms in total. The molecule has 3 heterocycles. The average Bonchev–Trinajstić information content (AvgIpc) is 3.70. The molecule has 7 aromatic carbocycles. The Kier molecular flexibility index (Phi) is 7.71. The first kappa shape index (κ1) is 32.9. The van der Waals surface area contributed by atoms with Gasteiger partial charge in [-0.25, -0.2) is 0 Å². The molecule has 268 valence electrons. The number of benzene rings is 7. The van der Waals surface area contributed by atoms with Crippen molar-refractivity contribution in [2.24, 2.45) is 0 Å². The minimum Gasteiger partial charge on any atom is -0.309 e. The Labute approximate surface area is 330 Å². The molecule has 0 saturated carbocycles. The van der Waals surface area contributed by atoms with E-state index in [1.54, 1.807) is 0 Å². The van der Waals surface area contributed by atoms with Crippen molar-refractivity contribution in [3.05, 3.63) is 221 Å². The fraction of sp³-hybridized carbons (Fsp3) is 0.0185. The van der Waals surface area contributed by atoms with E-state index in [4.69, 9.17) is 0 Å². The van der Waals surface area contributed by atoms with Crippen molar-refractivity contribution in [2.75, 3.05) is 0 Å².